The van der Waals surface area contributed by atoms with Gasteiger partial charge in [-0.25, -0.2) is 0 Å². The predicted octanol–water partition coefficient (Wildman–Crippen LogP) is 2.71. The number of carbonyl (C=O) groups is 2. The van der Waals surface area contributed by atoms with Crippen molar-refractivity contribution in [2.75, 3.05) is 0 Å². The Kier molecular flexibility index (Phi) is 4.75. The molecule has 0 radical (unpaired) electrons. The summed E-state index contributed by atoms with van der Waals surface area (Å²) in [7, 11) is 0. The first-order valence-corrected chi connectivity index (χ1v) is 7.19. The van der Waals surface area contributed by atoms with Gasteiger partial charge < -0.3 is 11.1 Å². The summed E-state index contributed by atoms with van der Waals surface area (Å²) in [6.45, 7) is 1.84. The summed E-state index contributed by atoms with van der Waals surface area (Å²) in [4.78, 5) is 24.0. The van der Waals surface area contributed by atoms with E-state index < -0.39 is 11.9 Å². The van der Waals surface area contributed by atoms with Gasteiger partial charge in [0, 0.05) is 10.0 Å². The smallest absolute Gasteiger partial charge is 0.252 e. The van der Waals surface area contributed by atoms with Crippen molar-refractivity contribution >= 4 is 27.7 Å². The van der Waals surface area contributed by atoms with Crippen molar-refractivity contribution in [2.24, 2.45) is 5.73 Å². The van der Waals surface area contributed by atoms with Crippen molar-refractivity contribution < 1.29 is 9.59 Å². The Bertz CT molecular complexity index is 685. The van der Waals surface area contributed by atoms with Crippen LogP contribution in [0.4, 0.5) is 0 Å². The van der Waals surface area contributed by atoms with Crippen LogP contribution in [0.1, 0.15) is 27.5 Å². The van der Waals surface area contributed by atoms with Crippen LogP contribution in [-0.4, -0.2) is 11.8 Å². The molecule has 0 unspecified atom stereocenters. The topological polar surface area (TPSA) is 72.2 Å². The highest BCUT2D eigenvalue weighted by Gasteiger charge is 2.21. The van der Waals surface area contributed by atoms with E-state index in [-0.39, 0.29) is 5.91 Å². The Hall–Kier alpha value is -2.14. The third-order valence-electron chi connectivity index (χ3n) is 3.13. The molecule has 2 rings (SSSR count). The molecule has 108 valence electrons. The van der Waals surface area contributed by atoms with Crippen LogP contribution < -0.4 is 11.1 Å². The lowest BCUT2D eigenvalue weighted by molar-refractivity contribution is -0.120. The molecule has 0 aromatic heterocycles. The molecule has 0 aliphatic carbocycles. The van der Waals surface area contributed by atoms with Crippen molar-refractivity contribution in [3.63, 3.8) is 0 Å². The minimum Gasteiger partial charge on any atom is -0.368 e. The van der Waals surface area contributed by atoms with Crippen LogP contribution in [-0.2, 0) is 4.79 Å². The number of carbonyl (C=O) groups excluding carboxylic acids is 2. The zero-order chi connectivity index (χ0) is 15.4. The van der Waals surface area contributed by atoms with Gasteiger partial charge >= 0.3 is 0 Å². The lowest BCUT2D eigenvalue weighted by Gasteiger charge is -2.17. The summed E-state index contributed by atoms with van der Waals surface area (Å²) in [5.74, 6) is -0.924. The highest BCUT2D eigenvalue weighted by Crippen LogP contribution is 2.19. The molecular weight excluding hydrogens is 332 g/mol. The molecule has 4 nitrogen and oxygen atoms in total. The van der Waals surface area contributed by atoms with Crippen LogP contribution in [0.5, 0.6) is 0 Å². The predicted molar refractivity (Wildman–Crippen MR) is 84.7 cm³/mol. The van der Waals surface area contributed by atoms with Gasteiger partial charge in [0.1, 0.15) is 6.04 Å². The summed E-state index contributed by atoms with van der Waals surface area (Å²) in [6, 6.07) is 13.4. The number of halogens is 1. The number of hydrogen-bond donors (Lipinski definition) is 2. The molecule has 0 bridgehead atoms. The second-order valence-corrected chi connectivity index (χ2v) is 5.59. The normalized spacial score (nSPS) is 11.7. The van der Waals surface area contributed by atoms with Gasteiger partial charge in [0.05, 0.1) is 0 Å². The van der Waals surface area contributed by atoms with E-state index in [1.165, 1.54) is 0 Å². The molecule has 0 heterocycles. The van der Waals surface area contributed by atoms with Crippen molar-refractivity contribution in [1.29, 1.82) is 0 Å². The third kappa shape index (κ3) is 3.70. The second kappa shape index (κ2) is 6.54. The van der Waals surface area contributed by atoms with Crippen LogP contribution in [0.3, 0.4) is 0 Å². The van der Waals surface area contributed by atoms with E-state index in [0.717, 1.165) is 10.0 Å². The quantitative estimate of drug-likeness (QED) is 0.893. The van der Waals surface area contributed by atoms with Crippen molar-refractivity contribution in [3.8, 4) is 0 Å². The van der Waals surface area contributed by atoms with Crippen LogP contribution in [0, 0.1) is 6.92 Å². The molecule has 0 aliphatic rings. The van der Waals surface area contributed by atoms with Gasteiger partial charge in [-0.1, -0.05) is 46.3 Å². The molecule has 0 aliphatic heterocycles. The second-order valence-electron chi connectivity index (χ2n) is 4.68. The maximum absolute atomic E-state index is 12.3. The fourth-order valence-electron chi connectivity index (χ4n) is 2.04. The van der Waals surface area contributed by atoms with E-state index in [4.69, 9.17) is 5.73 Å². The highest BCUT2D eigenvalue weighted by molar-refractivity contribution is 9.10. The first-order valence-electron chi connectivity index (χ1n) is 6.40. The fraction of sp³-hybridized carbons (Fsp3) is 0.125. The Labute approximate surface area is 131 Å². The molecular formula is C16H15BrN2O2. The Morgan fingerprint density at radius 1 is 1.14 bits per heavy atom. The van der Waals surface area contributed by atoms with Gasteiger partial charge in [0.2, 0.25) is 5.91 Å². The van der Waals surface area contributed by atoms with Gasteiger partial charge in [0.15, 0.2) is 0 Å². The lowest BCUT2D eigenvalue weighted by Crippen LogP contribution is -2.37. The van der Waals surface area contributed by atoms with Crippen LogP contribution >= 0.6 is 15.9 Å². The lowest BCUT2D eigenvalue weighted by atomic mass is 10.0. The molecule has 0 saturated heterocycles. The van der Waals surface area contributed by atoms with E-state index in [2.05, 4.69) is 21.2 Å². The van der Waals surface area contributed by atoms with E-state index in [1.54, 1.807) is 30.3 Å². The van der Waals surface area contributed by atoms with Crippen molar-refractivity contribution in [1.82, 2.24) is 5.32 Å². The van der Waals surface area contributed by atoms with Crippen LogP contribution in [0.25, 0.3) is 0 Å². The molecule has 2 aromatic rings. The zero-order valence-corrected chi connectivity index (χ0v) is 13.1. The molecule has 2 amide bonds. The fourth-order valence-corrected chi connectivity index (χ4v) is 2.46. The highest BCUT2D eigenvalue weighted by atomic mass is 79.9. The first-order chi connectivity index (χ1) is 9.99. The number of amides is 2. The SMILES string of the molecule is Cc1ccccc1C(=O)N[C@H](C(N)=O)c1cccc(Br)c1. The molecule has 0 spiro atoms. The monoisotopic (exact) mass is 346 g/mol. The largest absolute Gasteiger partial charge is 0.368 e. The number of nitrogens with one attached hydrogen (secondary N) is 1. The number of benzene rings is 2. The number of hydrogen-bond acceptors (Lipinski definition) is 2. The van der Waals surface area contributed by atoms with E-state index in [9.17, 15) is 9.59 Å². The maximum atomic E-state index is 12.3. The molecule has 21 heavy (non-hydrogen) atoms. The summed E-state index contributed by atoms with van der Waals surface area (Å²) < 4.78 is 0.816. The minimum absolute atomic E-state index is 0.322. The van der Waals surface area contributed by atoms with E-state index >= 15 is 0 Å². The van der Waals surface area contributed by atoms with Gasteiger partial charge in [-0.2, -0.15) is 0 Å². The number of primary amides is 1. The molecule has 5 heteroatoms. The summed E-state index contributed by atoms with van der Waals surface area (Å²) >= 11 is 3.34. The zero-order valence-electron chi connectivity index (χ0n) is 11.5. The number of nitrogens with two attached hydrogens (primary N) is 1. The first kappa shape index (κ1) is 15.3. The van der Waals surface area contributed by atoms with Crippen molar-refractivity contribution in [3.05, 3.63) is 69.7 Å². The maximum Gasteiger partial charge on any atom is 0.252 e. The van der Waals surface area contributed by atoms with Gasteiger partial charge in [0.25, 0.3) is 5.91 Å². The average molecular weight is 347 g/mol. The van der Waals surface area contributed by atoms with Gasteiger partial charge in [-0.3, -0.25) is 9.59 Å². The third-order valence-corrected chi connectivity index (χ3v) is 3.62. The van der Waals surface area contributed by atoms with Gasteiger partial charge in [-0.15, -0.1) is 0 Å². The summed E-state index contributed by atoms with van der Waals surface area (Å²) in [6.07, 6.45) is 0. The molecule has 1 atom stereocenters. The number of rotatable bonds is 4. The Morgan fingerprint density at radius 3 is 2.48 bits per heavy atom. The van der Waals surface area contributed by atoms with E-state index in [0.29, 0.717) is 11.1 Å². The minimum atomic E-state index is -0.866. The van der Waals surface area contributed by atoms with E-state index in [1.807, 2.05) is 25.1 Å². The van der Waals surface area contributed by atoms with Crippen LogP contribution in [0.15, 0.2) is 53.0 Å². The molecule has 0 saturated carbocycles. The Morgan fingerprint density at radius 2 is 1.86 bits per heavy atom. The summed E-state index contributed by atoms with van der Waals surface area (Å²) in [5.41, 5.74) is 7.42. The molecule has 0 fully saturated rings. The standard InChI is InChI=1S/C16H15BrN2O2/c1-10-5-2-3-8-13(10)16(21)19-14(15(18)20)11-6-4-7-12(17)9-11/h2-9,14H,1H3,(H2,18,20)(H,19,21)/t14-/m0/s1. The number of aryl methyl sites for hydroxylation is 1. The van der Waals surface area contributed by atoms with Crippen LogP contribution in [0.2, 0.25) is 0 Å². The molecule has 3 N–H and O–H groups in total. The van der Waals surface area contributed by atoms with Gasteiger partial charge in [-0.05, 0) is 36.2 Å². The Balaban J connectivity index is 2.27. The summed E-state index contributed by atoms with van der Waals surface area (Å²) in [5, 5.41) is 2.68. The molecule has 2 aromatic carbocycles. The van der Waals surface area contributed by atoms with Crippen molar-refractivity contribution in [2.45, 2.75) is 13.0 Å². The average Bonchev–Trinajstić information content (AvgIpc) is 2.44.